The van der Waals surface area contributed by atoms with Gasteiger partial charge in [0.2, 0.25) is 5.91 Å². The summed E-state index contributed by atoms with van der Waals surface area (Å²) < 4.78 is 6.70. The van der Waals surface area contributed by atoms with E-state index in [1.165, 1.54) is 10.4 Å². The monoisotopic (exact) mass is 506 g/mol. The summed E-state index contributed by atoms with van der Waals surface area (Å²) in [6.07, 6.45) is 1.38. The number of aromatic nitrogens is 1. The lowest BCUT2D eigenvalue weighted by Gasteiger charge is -2.13. The Hall–Kier alpha value is -2.78. The molecule has 3 N–H and O–H groups in total. The molecule has 0 atom stereocenters. The van der Waals surface area contributed by atoms with Crippen molar-refractivity contribution in [1.29, 1.82) is 0 Å². The number of fused-ring (bicyclic) bond motifs is 2. The van der Waals surface area contributed by atoms with E-state index in [0.717, 1.165) is 62.2 Å². The molecule has 35 heavy (non-hydrogen) atoms. The number of anilines is 1. The van der Waals surface area contributed by atoms with Crippen molar-refractivity contribution in [2.45, 2.75) is 39.3 Å². The normalized spacial score (nSPS) is 13.3. The highest BCUT2D eigenvalue weighted by molar-refractivity contribution is 7.23. The second-order valence-electron chi connectivity index (χ2n) is 8.94. The number of para-hydroxylation sites is 1. The molecule has 0 saturated carbocycles. The molecule has 8 heteroatoms. The van der Waals surface area contributed by atoms with Gasteiger partial charge in [-0.25, -0.2) is 4.98 Å². The highest BCUT2D eigenvalue weighted by atomic mass is 32.1. The third kappa shape index (κ3) is 5.11. The zero-order valence-electron chi connectivity index (χ0n) is 20.2. The van der Waals surface area contributed by atoms with Crippen LogP contribution in [-0.4, -0.2) is 37.1 Å². The van der Waals surface area contributed by atoms with Gasteiger partial charge in [-0.1, -0.05) is 38.1 Å². The standard InChI is InChI=1S/C27H30N4O2S2/c1-16(2)29-13-11-24(32)31-27-25(19-10-12-28-15-23(19)35-27)26-30-20-14-17(8-9-22(20)34-26)18-6-4-5-7-21(18)33-3/h4-9,14,16,28-29H,10-13,15H2,1-3H3,(H,31,32). The Balaban J connectivity index is 1.50. The minimum Gasteiger partial charge on any atom is -0.496 e. The molecular formula is C27H30N4O2S2. The number of carbonyl (C=O) groups excluding carboxylic acids is 1. The number of carbonyl (C=O) groups is 1. The quantitative estimate of drug-likeness (QED) is 0.287. The van der Waals surface area contributed by atoms with Crippen LogP contribution in [0.25, 0.3) is 31.9 Å². The van der Waals surface area contributed by atoms with Gasteiger partial charge in [-0.2, -0.15) is 0 Å². The van der Waals surface area contributed by atoms with E-state index in [1.807, 2.05) is 18.2 Å². The van der Waals surface area contributed by atoms with Gasteiger partial charge in [-0.15, -0.1) is 22.7 Å². The van der Waals surface area contributed by atoms with Gasteiger partial charge in [-0.3, -0.25) is 4.79 Å². The van der Waals surface area contributed by atoms with Gasteiger partial charge < -0.3 is 20.7 Å². The van der Waals surface area contributed by atoms with Crippen LogP contribution < -0.4 is 20.7 Å². The topological polar surface area (TPSA) is 75.3 Å². The zero-order chi connectivity index (χ0) is 24.4. The number of rotatable bonds is 8. The Morgan fingerprint density at radius 1 is 1.20 bits per heavy atom. The Kier molecular flexibility index (Phi) is 7.15. The van der Waals surface area contributed by atoms with Crippen LogP contribution in [0.4, 0.5) is 5.00 Å². The second-order valence-corrected chi connectivity index (χ2v) is 11.1. The van der Waals surface area contributed by atoms with E-state index in [9.17, 15) is 4.79 Å². The number of nitrogens with one attached hydrogen (secondary N) is 3. The molecule has 1 amide bonds. The molecule has 0 bridgehead atoms. The van der Waals surface area contributed by atoms with Crippen molar-refractivity contribution in [2.75, 3.05) is 25.5 Å². The maximum atomic E-state index is 12.7. The van der Waals surface area contributed by atoms with Crippen molar-refractivity contribution in [2.24, 2.45) is 0 Å². The third-order valence-electron chi connectivity index (χ3n) is 6.11. The van der Waals surface area contributed by atoms with Gasteiger partial charge in [-0.05, 0) is 42.3 Å². The Morgan fingerprint density at radius 2 is 2.06 bits per heavy atom. The molecule has 0 fully saturated rings. The Bertz CT molecular complexity index is 1360. The number of nitrogens with zero attached hydrogens (tertiary/aromatic N) is 1. The summed E-state index contributed by atoms with van der Waals surface area (Å²) in [4.78, 5) is 19.1. The molecular weight excluding hydrogens is 476 g/mol. The molecule has 0 radical (unpaired) electrons. The minimum absolute atomic E-state index is 0.0329. The van der Waals surface area contributed by atoms with E-state index < -0.39 is 0 Å². The predicted octanol–water partition coefficient (Wildman–Crippen LogP) is 5.67. The van der Waals surface area contributed by atoms with Crippen LogP contribution in [0, 0.1) is 0 Å². The van der Waals surface area contributed by atoms with Gasteiger partial charge in [0.1, 0.15) is 15.8 Å². The van der Waals surface area contributed by atoms with Gasteiger partial charge in [0.25, 0.3) is 0 Å². The molecule has 2 aromatic carbocycles. The zero-order valence-corrected chi connectivity index (χ0v) is 21.9. The van der Waals surface area contributed by atoms with Crippen molar-refractivity contribution in [1.82, 2.24) is 15.6 Å². The lowest BCUT2D eigenvalue weighted by Crippen LogP contribution is -2.27. The fourth-order valence-corrected chi connectivity index (χ4v) is 6.72. The Labute approximate surface area is 213 Å². The molecule has 0 aliphatic carbocycles. The van der Waals surface area contributed by atoms with Crippen molar-refractivity contribution in [3.8, 4) is 27.4 Å². The second kappa shape index (κ2) is 10.5. The summed E-state index contributed by atoms with van der Waals surface area (Å²) in [6.45, 7) is 6.61. The largest absolute Gasteiger partial charge is 0.496 e. The molecule has 182 valence electrons. The predicted molar refractivity (Wildman–Crippen MR) is 147 cm³/mol. The molecule has 1 aliphatic rings. The van der Waals surface area contributed by atoms with Crippen LogP contribution in [0.3, 0.4) is 0 Å². The van der Waals surface area contributed by atoms with E-state index in [4.69, 9.17) is 9.72 Å². The number of benzene rings is 2. The van der Waals surface area contributed by atoms with E-state index in [2.05, 4.69) is 54.1 Å². The van der Waals surface area contributed by atoms with Crippen LogP contribution >= 0.6 is 22.7 Å². The summed E-state index contributed by atoms with van der Waals surface area (Å²) in [5.74, 6) is 0.879. The summed E-state index contributed by atoms with van der Waals surface area (Å²) in [5.41, 5.74) is 5.49. The van der Waals surface area contributed by atoms with Crippen LogP contribution in [0.2, 0.25) is 0 Å². The first-order valence-electron chi connectivity index (χ1n) is 12.0. The van der Waals surface area contributed by atoms with Crippen molar-refractivity contribution >= 4 is 43.8 Å². The van der Waals surface area contributed by atoms with Gasteiger partial charge >= 0.3 is 0 Å². The Morgan fingerprint density at radius 3 is 2.89 bits per heavy atom. The lowest BCUT2D eigenvalue weighted by molar-refractivity contribution is -0.116. The highest BCUT2D eigenvalue weighted by Crippen LogP contribution is 2.45. The summed E-state index contributed by atoms with van der Waals surface area (Å²) in [5, 5.41) is 11.8. The number of methoxy groups -OCH3 is 1. The smallest absolute Gasteiger partial charge is 0.226 e. The number of hydrogen-bond donors (Lipinski definition) is 3. The first kappa shape index (κ1) is 23.9. The number of thiophene rings is 1. The van der Waals surface area contributed by atoms with Crippen LogP contribution in [-0.2, 0) is 17.8 Å². The van der Waals surface area contributed by atoms with Gasteiger partial charge in [0.15, 0.2) is 0 Å². The molecule has 2 aromatic heterocycles. The summed E-state index contributed by atoms with van der Waals surface area (Å²) in [7, 11) is 1.70. The average Bonchev–Trinajstić information content (AvgIpc) is 3.43. The third-order valence-corrected chi connectivity index (χ3v) is 8.31. The number of hydrogen-bond acceptors (Lipinski definition) is 7. The van der Waals surface area contributed by atoms with Crippen LogP contribution in [0.15, 0.2) is 42.5 Å². The maximum Gasteiger partial charge on any atom is 0.226 e. The molecule has 3 heterocycles. The fourth-order valence-electron chi connectivity index (χ4n) is 4.40. The van der Waals surface area contributed by atoms with E-state index in [-0.39, 0.29) is 5.91 Å². The number of amides is 1. The molecule has 0 unspecified atom stereocenters. The number of ether oxygens (including phenoxy) is 1. The van der Waals surface area contributed by atoms with E-state index in [1.54, 1.807) is 29.8 Å². The molecule has 0 spiro atoms. The number of thiazole rings is 1. The summed E-state index contributed by atoms with van der Waals surface area (Å²) >= 11 is 3.36. The van der Waals surface area contributed by atoms with Crippen molar-refractivity contribution in [3.63, 3.8) is 0 Å². The maximum absolute atomic E-state index is 12.7. The van der Waals surface area contributed by atoms with Gasteiger partial charge in [0, 0.05) is 41.6 Å². The lowest BCUT2D eigenvalue weighted by atomic mass is 10.0. The van der Waals surface area contributed by atoms with Crippen LogP contribution in [0.1, 0.15) is 30.7 Å². The summed E-state index contributed by atoms with van der Waals surface area (Å²) in [6, 6.07) is 14.8. The average molecular weight is 507 g/mol. The molecule has 5 rings (SSSR count). The fraction of sp³-hybridized carbons (Fsp3) is 0.333. The molecule has 4 aromatic rings. The van der Waals surface area contributed by atoms with E-state index in [0.29, 0.717) is 19.0 Å². The van der Waals surface area contributed by atoms with Crippen molar-refractivity contribution in [3.05, 3.63) is 52.9 Å². The van der Waals surface area contributed by atoms with Crippen molar-refractivity contribution < 1.29 is 9.53 Å². The molecule has 1 aliphatic heterocycles. The van der Waals surface area contributed by atoms with E-state index >= 15 is 0 Å². The SMILES string of the molecule is COc1ccccc1-c1ccc2sc(-c3c(NC(=O)CCNC(C)C)sc4c3CCNC4)nc2c1. The first-order valence-corrected chi connectivity index (χ1v) is 13.6. The molecule has 0 saturated heterocycles. The van der Waals surface area contributed by atoms with Gasteiger partial charge in [0.05, 0.1) is 17.3 Å². The minimum atomic E-state index is 0.0329. The highest BCUT2D eigenvalue weighted by Gasteiger charge is 2.25. The first-order chi connectivity index (χ1) is 17.0. The molecule has 6 nitrogen and oxygen atoms in total. The van der Waals surface area contributed by atoms with Crippen LogP contribution in [0.5, 0.6) is 5.75 Å².